The average Bonchev–Trinajstić information content (AvgIpc) is 2.79. The highest BCUT2D eigenvalue weighted by atomic mass is 32.2. The predicted molar refractivity (Wildman–Crippen MR) is 74.5 cm³/mol. The van der Waals surface area contributed by atoms with Gasteiger partial charge in [0, 0.05) is 24.8 Å². The van der Waals surface area contributed by atoms with Crippen LogP contribution in [0.15, 0.2) is 6.33 Å². The summed E-state index contributed by atoms with van der Waals surface area (Å²) >= 11 is 1.98. The highest BCUT2D eigenvalue weighted by Crippen LogP contribution is 2.07. The number of nitrogens with zero attached hydrogens (tertiary/aromatic N) is 3. The molecule has 0 aliphatic heterocycles. The van der Waals surface area contributed by atoms with Gasteiger partial charge in [0.05, 0.1) is 0 Å². The van der Waals surface area contributed by atoms with Crippen LogP contribution in [-0.4, -0.2) is 38.9 Å². The Bertz CT molecular complexity index is 292. The monoisotopic (exact) mass is 256 g/mol. The van der Waals surface area contributed by atoms with Gasteiger partial charge in [0.15, 0.2) is 0 Å². The number of thioether (sulfide) groups is 1. The zero-order valence-corrected chi connectivity index (χ0v) is 12.0. The highest BCUT2D eigenvalue weighted by Gasteiger charge is 2.12. The van der Waals surface area contributed by atoms with Gasteiger partial charge in [-0.15, -0.1) is 0 Å². The molecule has 0 saturated heterocycles. The number of rotatable bonds is 9. The van der Waals surface area contributed by atoms with Crippen molar-refractivity contribution < 1.29 is 0 Å². The SMILES string of the molecule is CCCNC(CSCC)Cc1ncnn1CC. The first-order valence-electron chi connectivity index (χ1n) is 6.49. The summed E-state index contributed by atoms with van der Waals surface area (Å²) in [6, 6.07) is 0.509. The molecule has 0 aromatic carbocycles. The fourth-order valence-corrected chi connectivity index (χ4v) is 2.49. The van der Waals surface area contributed by atoms with E-state index in [1.54, 1.807) is 6.33 Å². The average molecular weight is 256 g/mol. The number of nitrogens with one attached hydrogen (secondary N) is 1. The molecule has 98 valence electrons. The van der Waals surface area contributed by atoms with Gasteiger partial charge < -0.3 is 5.32 Å². The van der Waals surface area contributed by atoms with Crippen molar-refractivity contribution >= 4 is 11.8 Å². The van der Waals surface area contributed by atoms with Gasteiger partial charge in [0.1, 0.15) is 12.2 Å². The van der Waals surface area contributed by atoms with Gasteiger partial charge in [-0.2, -0.15) is 16.9 Å². The summed E-state index contributed by atoms with van der Waals surface area (Å²) in [7, 11) is 0. The van der Waals surface area contributed by atoms with Crippen LogP contribution in [0.25, 0.3) is 0 Å². The molecule has 1 aromatic rings. The first-order valence-corrected chi connectivity index (χ1v) is 7.65. The van der Waals surface area contributed by atoms with E-state index >= 15 is 0 Å². The molecule has 4 nitrogen and oxygen atoms in total. The Morgan fingerprint density at radius 3 is 2.88 bits per heavy atom. The molecule has 1 heterocycles. The van der Waals surface area contributed by atoms with E-state index in [1.165, 1.54) is 12.2 Å². The lowest BCUT2D eigenvalue weighted by atomic mass is 10.2. The van der Waals surface area contributed by atoms with Crippen molar-refractivity contribution in [3.63, 3.8) is 0 Å². The van der Waals surface area contributed by atoms with Gasteiger partial charge in [-0.1, -0.05) is 13.8 Å². The van der Waals surface area contributed by atoms with E-state index in [-0.39, 0.29) is 0 Å². The molecule has 17 heavy (non-hydrogen) atoms. The van der Waals surface area contributed by atoms with E-state index < -0.39 is 0 Å². The lowest BCUT2D eigenvalue weighted by Crippen LogP contribution is -2.35. The molecule has 1 rings (SSSR count). The minimum atomic E-state index is 0.509. The summed E-state index contributed by atoms with van der Waals surface area (Å²) in [4.78, 5) is 4.35. The minimum absolute atomic E-state index is 0.509. The van der Waals surface area contributed by atoms with Crippen LogP contribution in [0.4, 0.5) is 0 Å². The molecule has 0 spiro atoms. The molecule has 5 heteroatoms. The summed E-state index contributed by atoms with van der Waals surface area (Å²) in [6.45, 7) is 8.49. The zero-order valence-electron chi connectivity index (χ0n) is 11.1. The summed E-state index contributed by atoms with van der Waals surface area (Å²) < 4.78 is 1.98. The molecular formula is C12H24N4S. The molecule has 0 bridgehead atoms. The quantitative estimate of drug-likeness (QED) is 0.733. The summed E-state index contributed by atoms with van der Waals surface area (Å²) in [5, 5.41) is 7.81. The number of hydrogen-bond acceptors (Lipinski definition) is 4. The lowest BCUT2D eigenvalue weighted by molar-refractivity contribution is 0.514. The summed E-state index contributed by atoms with van der Waals surface area (Å²) in [5.74, 6) is 3.41. The Labute approximate surface area is 109 Å². The Balaban J connectivity index is 2.51. The fraction of sp³-hybridized carbons (Fsp3) is 0.833. The standard InChI is InChI=1S/C12H24N4S/c1-4-7-13-11(9-17-6-3)8-12-14-10-15-16(12)5-2/h10-11,13H,4-9H2,1-3H3. The highest BCUT2D eigenvalue weighted by molar-refractivity contribution is 7.99. The summed E-state index contributed by atoms with van der Waals surface area (Å²) in [5.41, 5.74) is 0. The topological polar surface area (TPSA) is 42.7 Å². The van der Waals surface area contributed by atoms with Crippen LogP contribution in [-0.2, 0) is 13.0 Å². The number of aryl methyl sites for hydroxylation is 1. The molecule has 0 fully saturated rings. The largest absolute Gasteiger partial charge is 0.313 e. The maximum atomic E-state index is 4.35. The molecule has 1 N–H and O–H groups in total. The van der Waals surface area contributed by atoms with Crippen molar-refractivity contribution in [3.8, 4) is 0 Å². The number of hydrogen-bond donors (Lipinski definition) is 1. The van der Waals surface area contributed by atoms with Crippen molar-refractivity contribution in [1.29, 1.82) is 0 Å². The van der Waals surface area contributed by atoms with E-state index in [9.17, 15) is 0 Å². The maximum absolute atomic E-state index is 4.35. The van der Waals surface area contributed by atoms with Crippen LogP contribution in [0.3, 0.4) is 0 Å². The Kier molecular flexibility index (Phi) is 7.28. The van der Waals surface area contributed by atoms with E-state index in [0.717, 1.165) is 31.1 Å². The first kappa shape index (κ1) is 14.5. The van der Waals surface area contributed by atoms with Gasteiger partial charge in [0.25, 0.3) is 0 Å². The van der Waals surface area contributed by atoms with E-state index in [4.69, 9.17) is 0 Å². The van der Waals surface area contributed by atoms with E-state index in [0.29, 0.717) is 6.04 Å². The molecule has 1 unspecified atom stereocenters. The van der Waals surface area contributed by atoms with Crippen LogP contribution in [0.1, 0.15) is 33.0 Å². The number of aromatic nitrogens is 3. The lowest BCUT2D eigenvalue weighted by Gasteiger charge is -2.17. The van der Waals surface area contributed by atoms with Crippen molar-refractivity contribution in [2.75, 3.05) is 18.1 Å². The van der Waals surface area contributed by atoms with E-state index in [2.05, 4.69) is 36.2 Å². The van der Waals surface area contributed by atoms with Gasteiger partial charge in [-0.05, 0) is 25.6 Å². The molecule has 0 amide bonds. The fourth-order valence-electron chi connectivity index (χ4n) is 1.73. The molecule has 0 radical (unpaired) electrons. The normalized spacial score (nSPS) is 12.9. The van der Waals surface area contributed by atoms with Crippen molar-refractivity contribution in [2.24, 2.45) is 0 Å². The Morgan fingerprint density at radius 1 is 1.41 bits per heavy atom. The molecule has 0 aliphatic rings. The third-order valence-electron chi connectivity index (χ3n) is 2.63. The maximum Gasteiger partial charge on any atom is 0.138 e. The van der Waals surface area contributed by atoms with Crippen molar-refractivity contribution in [3.05, 3.63) is 12.2 Å². The first-order chi connectivity index (χ1) is 8.31. The second kappa shape index (κ2) is 8.53. The van der Waals surface area contributed by atoms with Crippen molar-refractivity contribution in [2.45, 2.75) is 46.2 Å². The van der Waals surface area contributed by atoms with Crippen LogP contribution < -0.4 is 5.32 Å². The zero-order chi connectivity index (χ0) is 12.5. The van der Waals surface area contributed by atoms with Crippen LogP contribution >= 0.6 is 11.8 Å². The Morgan fingerprint density at radius 2 is 2.24 bits per heavy atom. The Hall–Kier alpha value is -0.550. The molecule has 1 atom stereocenters. The second-order valence-electron chi connectivity index (χ2n) is 4.01. The van der Waals surface area contributed by atoms with Crippen LogP contribution in [0.5, 0.6) is 0 Å². The summed E-state index contributed by atoms with van der Waals surface area (Å²) in [6.07, 6.45) is 3.80. The molecular weight excluding hydrogens is 232 g/mol. The smallest absolute Gasteiger partial charge is 0.138 e. The third-order valence-corrected chi connectivity index (χ3v) is 3.68. The van der Waals surface area contributed by atoms with Crippen molar-refractivity contribution in [1.82, 2.24) is 20.1 Å². The molecule has 1 aromatic heterocycles. The van der Waals surface area contributed by atoms with Crippen LogP contribution in [0, 0.1) is 0 Å². The van der Waals surface area contributed by atoms with Gasteiger partial charge in [0.2, 0.25) is 0 Å². The van der Waals surface area contributed by atoms with E-state index in [1.807, 2.05) is 16.4 Å². The molecule has 0 saturated carbocycles. The van der Waals surface area contributed by atoms with Gasteiger partial charge >= 0.3 is 0 Å². The third kappa shape index (κ3) is 5.08. The second-order valence-corrected chi connectivity index (χ2v) is 5.33. The van der Waals surface area contributed by atoms with Crippen LogP contribution in [0.2, 0.25) is 0 Å². The molecule has 0 aliphatic carbocycles. The minimum Gasteiger partial charge on any atom is -0.313 e. The van der Waals surface area contributed by atoms with Gasteiger partial charge in [-0.25, -0.2) is 4.98 Å². The predicted octanol–water partition coefficient (Wildman–Crippen LogP) is 1.96. The van der Waals surface area contributed by atoms with Gasteiger partial charge in [-0.3, -0.25) is 4.68 Å².